The molecule has 0 unspecified atom stereocenters. The first-order valence-electron chi connectivity index (χ1n) is 7.59. The first-order valence-corrected chi connectivity index (χ1v) is 8.00. The molecule has 1 heterocycles. The number of nitrogens with one attached hydrogen (secondary N) is 1. The van der Waals surface area contributed by atoms with Crippen LogP contribution in [0, 0.1) is 5.92 Å². The Balaban J connectivity index is 1.39. The number of hydrogen-bond acceptors (Lipinski definition) is 2. The van der Waals surface area contributed by atoms with Gasteiger partial charge in [0.25, 0.3) is 0 Å². The fourth-order valence-corrected chi connectivity index (χ4v) is 3.48. The molecule has 1 saturated heterocycles. The van der Waals surface area contributed by atoms with E-state index in [4.69, 9.17) is 12.2 Å². The van der Waals surface area contributed by atoms with E-state index in [1.165, 1.54) is 58.2 Å². The lowest BCUT2D eigenvalue weighted by atomic mass is 10.2. The van der Waals surface area contributed by atoms with Crippen LogP contribution < -0.4 is 5.32 Å². The van der Waals surface area contributed by atoms with E-state index in [1.54, 1.807) is 0 Å². The molecule has 0 spiro atoms. The SMILES string of the molecule is S=C(NC1CCCC1)N1CCN(CC2CC2)CC1. The van der Waals surface area contributed by atoms with Crippen molar-refractivity contribution in [2.24, 2.45) is 5.92 Å². The van der Waals surface area contributed by atoms with Gasteiger partial charge in [0.2, 0.25) is 0 Å². The van der Waals surface area contributed by atoms with Crippen molar-refractivity contribution < 1.29 is 0 Å². The summed E-state index contributed by atoms with van der Waals surface area (Å²) in [6.45, 7) is 5.96. The molecule has 102 valence electrons. The monoisotopic (exact) mass is 267 g/mol. The highest BCUT2D eigenvalue weighted by Crippen LogP contribution is 2.29. The molecule has 0 aromatic carbocycles. The molecule has 3 rings (SSSR count). The number of piperazine rings is 1. The molecule has 3 fully saturated rings. The van der Waals surface area contributed by atoms with Crippen LogP contribution >= 0.6 is 12.2 Å². The van der Waals surface area contributed by atoms with Crippen LogP contribution in [0.15, 0.2) is 0 Å². The molecule has 1 N–H and O–H groups in total. The number of nitrogens with zero attached hydrogens (tertiary/aromatic N) is 2. The van der Waals surface area contributed by atoms with Crippen molar-refractivity contribution in [3.05, 3.63) is 0 Å². The number of thiocarbonyl (C=S) groups is 1. The minimum Gasteiger partial charge on any atom is -0.360 e. The molecular weight excluding hydrogens is 242 g/mol. The summed E-state index contributed by atoms with van der Waals surface area (Å²) in [5, 5.41) is 4.56. The Bertz CT molecular complexity index is 289. The normalized spacial score (nSPS) is 26.6. The minimum atomic E-state index is 0.655. The Kier molecular flexibility index (Phi) is 4.04. The standard InChI is InChI=1S/C14H25N3S/c18-14(15-13-3-1-2-4-13)17-9-7-16(8-10-17)11-12-5-6-12/h12-13H,1-11H2,(H,15,18). The second-order valence-electron chi connectivity index (χ2n) is 6.16. The van der Waals surface area contributed by atoms with E-state index in [-0.39, 0.29) is 0 Å². The molecular formula is C14H25N3S. The third kappa shape index (κ3) is 3.35. The van der Waals surface area contributed by atoms with E-state index in [0.29, 0.717) is 6.04 Å². The zero-order valence-corrected chi connectivity index (χ0v) is 12.1. The molecule has 2 saturated carbocycles. The van der Waals surface area contributed by atoms with Crippen molar-refractivity contribution >= 4 is 17.3 Å². The molecule has 2 aliphatic carbocycles. The van der Waals surface area contributed by atoms with E-state index < -0.39 is 0 Å². The fraction of sp³-hybridized carbons (Fsp3) is 0.929. The van der Waals surface area contributed by atoms with Crippen LogP contribution in [0.2, 0.25) is 0 Å². The van der Waals surface area contributed by atoms with Crippen LogP contribution in [0.3, 0.4) is 0 Å². The summed E-state index contributed by atoms with van der Waals surface area (Å²) < 4.78 is 0. The van der Waals surface area contributed by atoms with Crippen molar-refractivity contribution in [1.82, 2.24) is 15.1 Å². The Morgan fingerprint density at radius 1 is 1.00 bits per heavy atom. The summed E-state index contributed by atoms with van der Waals surface area (Å²) in [6.07, 6.45) is 8.28. The highest BCUT2D eigenvalue weighted by molar-refractivity contribution is 7.80. The lowest BCUT2D eigenvalue weighted by molar-refractivity contribution is 0.174. The lowest BCUT2D eigenvalue weighted by Gasteiger charge is -2.37. The molecule has 0 atom stereocenters. The van der Waals surface area contributed by atoms with Crippen LogP contribution in [-0.2, 0) is 0 Å². The van der Waals surface area contributed by atoms with Crippen molar-refractivity contribution in [2.75, 3.05) is 32.7 Å². The highest BCUT2D eigenvalue weighted by atomic mass is 32.1. The van der Waals surface area contributed by atoms with Gasteiger partial charge in [-0.1, -0.05) is 12.8 Å². The van der Waals surface area contributed by atoms with Crippen LogP contribution in [-0.4, -0.2) is 53.7 Å². The molecule has 3 aliphatic rings. The second-order valence-corrected chi connectivity index (χ2v) is 6.55. The summed E-state index contributed by atoms with van der Waals surface area (Å²) >= 11 is 5.55. The zero-order chi connectivity index (χ0) is 12.4. The van der Waals surface area contributed by atoms with E-state index >= 15 is 0 Å². The maximum absolute atomic E-state index is 5.55. The van der Waals surface area contributed by atoms with Gasteiger partial charge in [-0.3, -0.25) is 4.90 Å². The quantitative estimate of drug-likeness (QED) is 0.786. The summed E-state index contributed by atoms with van der Waals surface area (Å²) in [7, 11) is 0. The summed E-state index contributed by atoms with van der Waals surface area (Å²) in [6, 6.07) is 0.655. The lowest BCUT2D eigenvalue weighted by Crippen LogP contribution is -2.53. The van der Waals surface area contributed by atoms with Crippen molar-refractivity contribution in [3.8, 4) is 0 Å². The van der Waals surface area contributed by atoms with Crippen LogP contribution in [0.4, 0.5) is 0 Å². The molecule has 0 aromatic heterocycles. The van der Waals surface area contributed by atoms with Gasteiger partial charge in [-0.2, -0.15) is 0 Å². The van der Waals surface area contributed by atoms with Crippen LogP contribution in [0.1, 0.15) is 38.5 Å². The maximum Gasteiger partial charge on any atom is 0.169 e. The molecule has 4 heteroatoms. The molecule has 1 aliphatic heterocycles. The van der Waals surface area contributed by atoms with Gasteiger partial charge in [0, 0.05) is 38.8 Å². The van der Waals surface area contributed by atoms with Crippen LogP contribution in [0.25, 0.3) is 0 Å². The third-order valence-electron chi connectivity index (χ3n) is 4.56. The minimum absolute atomic E-state index is 0.655. The average Bonchev–Trinajstić information content (AvgIpc) is 3.04. The molecule has 0 bridgehead atoms. The van der Waals surface area contributed by atoms with Crippen LogP contribution in [0.5, 0.6) is 0 Å². The van der Waals surface area contributed by atoms with E-state index in [0.717, 1.165) is 24.1 Å². The highest BCUT2D eigenvalue weighted by Gasteiger charge is 2.27. The molecule has 0 radical (unpaired) electrons. The van der Waals surface area contributed by atoms with Gasteiger partial charge in [-0.05, 0) is 43.8 Å². The average molecular weight is 267 g/mol. The first kappa shape index (κ1) is 12.7. The van der Waals surface area contributed by atoms with Gasteiger partial charge in [-0.25, -0.2) is 0 Å². The third-order valence-corrected chi connectivity index (χ3v) is 4.93. The Labute approximate surface area is 116 Å². The zero-order valence-electron chi connectivity index (χ0n) is 11.2. The smallest absolute Gasteiger partial charge is 0.169 e. The van der Waals surface area contributed by atoms with Gasteiger partial charge >= 0.3 is 0 Å². The Morgan fingerprint density at radius 3 is 2.28 bits per heavy atom. The fourth-order valence-electron chi connectivity index (χ4n) is 3.14. The molecule has 18 heavy (non-hydrogen) atoms. The van der Waals surface area contributed by atoms with Gasteiger partial charge in [0.1, 0.15) is 0 Å². The number of hydrogen-bond donors (Lipinski definition) is 1. The Morgan fingerprint density at radius 2 is 1.67 bits per heavy atom. The van der Waals surface area contributed by atoms with E-state index in [1.807, 2.05) is 0 Å². The molecule has 0 amide bonds. The maximum atomic E-state index is 5.55. The molecule has 0 aromatic rings. The largest absolute Gasteiger partial charge is 0.360 e. The van der Waals surface area contributed by atoms with E-state index in [9.17, 15) is 0 Å². The molecule has 3 nitrogen and oxygen atoms in total. The van der Waals surface area contributed by atoms with Gasteiger partial charge in [0.05, 0.1) is 0 Å². The summed E-state index contributed by atoms with van der Waals surface area (Å²) in [5.41, 5.74) is 0. The van der Waals surface area contributed by atoms with Gasteiger partial charge < -0.3 is 10.2 Å². The van der Waals surface area contributed by atoms with Crippen molar-refractivity contribution in [2.45, 2.75) is 44.6 Å². The second kappa shape index (κ2) is 5.74. The first-order chi connectivity index (χ1) is 8.81. The summed E-state index contributed by atoms with van der Waals surface area (Å²) in [5.74, 6) is 1.01. The predicted octanol–water partition coefficient (Wildman–Crippen LogP) is 1.83. The Hall–Kier alpha value is -0.350. The van der Waals surface area contributed by atoms with E-state index in [2.05, 4.69) is 15.1 Å². The summed E-state index contributed by atoms with van der Waals surface area (Å²) in [4.78, 5) is 4.99. The topological polar surface area (TPSA) is 18.5 Å². The number of rotatable bonds is 3. The van der Waals surface area contributed by atoms with Gasteiger partial charge in [-0.15, -0.1) is 0 Å². The van der Waals surface area contributed by atoms with Crippen molar-refractivity contribution in [3.63, 3.8) is 0 Å². The van der Waals surface area contributed by atoms with Gasteiger partial charge in [0.15, 0.2) is 5.11 Å². The predicted molar refractivity (Wildman–Crippen MR) is 78.7 cm³/mol. The van der Waals surface area contributed by atoms with Crippen molar-refractivity contribution in [1.29, 1.82) is 0 Å².